The third kappa shape index (κ3) is 0.940. The molecule has 1 aromatic heterocycles. The molecule has 0 spiro atoms. The van der Waals surface area contributed by atoms with E-state index in [0.29, 0.717) is 0 Å². The molecule has 2 rings (SSSR count). The van der Waals surface area contributed by atoms with Gasteiger partial charge in [0.25, 0.3) is 0 Å². The highest BCUT2D eigenvalue weighted by atomic mass is 79.9. The molecule has 2 nitrogen and oxygen atoms in total. The molecule has 1 aliphatic rings. The molecule has 3 heteroatoms. The van der Waals surface area contributed by atoms with Crippen LogP contribution in [0, 0.1) is 0 Å². The number of imidazole rings is 1. The summed E-state index contributed by atoms with van der Waals surface area (Å²) in [6.45, 7) is 3.38. The largest absolute Gasteiger partial charge is 0.334 e. The van der Waals surface area contributed by atoms with Crippen LogP contribution in [0.15, 0.2) is 12.4 Å². The van der Waals surface area contributed by atoms with Crippen LogP contribution in [0.2, 0.25) is 0 Å². The van der Waals surface area contributed by atoms with Gasteiger partial charge in [0, 0.05) is 29.7 Å². The summed E-state index contributed by atoms with van der Waals surface area (Å²) >= 11 is 3.53. The van der Waals surface area contributed by atoms with Crippen LogP contribution >= 0.6 is 15.9 Å². The van der Waals surface area contributed by atoms with E-state index in [0.717, 1.165) is 11.9 Å². The van der Waals surface area contributed by atoms with Gasteiger partial charge in [-0.15, -0.1) is 0 Å². The first kappa shape index (κ1) is 7.35. The molecule has 0 fully saturated rings. The Bertz CT molecular complexity index is 269. The monoisotopic (exact) mass is 214 g/mol. The summed E-state index contributed by atoms with van der Waals surface area (Å²) in [7, 11) is 0. The third-order valence-electron chi connectivity index (χ3n) is 2.45. The Morgan fingerprint density at radius 1 is 1.82 bits per heavy atom. The first-order valence-electron chi connectivity index (χ1n) is 3.84. The SMILES string of the molecule is CC1(CBr)CCn2ccnc21. The highest BCUT2D eigenvalue weighted by Crippen LogP contribution is 2.34. The van der Waals surface area contributed by atoms with E-state index in [1.54, 1.807) is 0 Å². The molecule has 1 atom stereocenters. The summed E-state index contributed by atoms with van der Waals surface area (Å²) in [5.74, 6) is 1.23. The van der Waals surface area contributed by atoms with Crippen molar-refractivity contribution in [3.05, 3.63) is 18.2 Å². The summed E-state index contributed by atoms with van der Waals surface area (Å²) in [4.78, 5) is 4.35. The van der Waals surface area contributed by atoms with Crippen molar-refractivity contribution in [1.82, 2.24) is 9.55 Å². The second-order valence-corrected chi connectivity index (χ2v) is 3.95. The number of nitrogens with zero attached hydrogens (tertiary/aromatic N) is 2. The molecule has 2 heterocycles. The van der Waals surface area contributed by atoms with Gasteiger partial charge >= 0.3 is 0 Å². The molecule has 0 aromatic carbocycles. The zero-order chi connectivity index (χ0) is 7.90. The molecule has 0 radical (unpaired) electrons. The maximum Gasteiger partial charge on any atom is 0.115 e. The van der Waals surface area contributed by atoms with Crippen molar-refractivity contribution in [3.8, 4) is 0 Å². The average molecular weight is 215 g/mol. The average Bonchev–Trinajstić information content (AvgIpc) is 2.55. The predicted octanol–water partition coefficient (Wildman–Crippen LogP) is 1.94. The molecule has 1 unspecified atom stereocenters. The minimum atomic E-state index is 0.267. The van der Waals surface area contributed by atoms with Gasteiger partial charge in [0.2, 0.25) is 0 Å². The molecule has 0 saturated heterocycles. The zero-order valence-electron chi connectivity index (χ0n) is 6.55. The fourth-order valence-electron chi connectivity index (χ4n) is 1.62. The molecule has 0 aliphatic carbocycles. The van der Waals surface area contributed by atoms with Crippen molar-refractivity contribution in [2.24, 2.45) is 0 Å². The van der Waals surface area contributed by atoms with E-state index in [1.807, 2.05) is 6.20 Å². The van der Waals surface area contributed by atoms with E-state index in [4.69, 9.17) is 0 Å². The van der Waals surface area contributed by atoms with Gasteiger partial charge in [-0.1, -0.05) is 22.9 Å². The maximum atomic E-state index is 4.35. The highest BCUT2D eigenvalue weighted by Gasteiger charge is 2.34. The quantitative estimate of drug-likeness (QED) is 0.654. The number of alkyl halides is 1. The number of aryl methyl sites for hydroxylation is 1. The summed E-state index contributed by atoms with van der Waals surface area (Å²) in [6.07, 6.45) is 5.15. The van der Waals surface area contributed by atoms with Crippen molar-refractivity contribution in [3.63, 3.8) is 0 Å². The molecular formula is C8H11BrN2. The van der Waals surface area contributed by atoms with E-state index >= 15 is 0 Å². The number of aromatic nitrogens is 2. The minimum absolute atomic E-state index is 0.267. The molecule has 0 N–H and O–H groups in total. The predicted molar refractivity (Wildman–Crippen MR) is 48.0 cm³/mol. The Hall–Kier alpha value is -0.310. The second kappa shape index (κ2) is 2.34. The van der Waals surface area contributed by atoms with Crippen molar-refractivity contribution < 1.29 is 0 Å². The highest BCUT2D eigenvalue weighted by molar-refractivity contribution is 9.09. The van der Waals surface area contributed by atoms with Crippen LogP contribution in [0.1, 0.15) is 19.2 Å². The van der Waals surface area contributed by atoms with Crippen LogP contribution in [-0.2, 0) is 12.0 Å². The molecule has 0 bridgehead atoms. The Morgan fingerprint density at radius 2 is 2.64 bits per heavy atom. The first-order chi connectivity index (χ1) is 5.26. The van der Waals surface area contributed by atoms with Crippen LogP contribution in [0.3, 0.4) is 0 Å². The Kier molecular flexibility index (Phi) is 1.56. The number of halogens is 1. The zero-order valence-corrected chi connectivity index (χ0v) is 8.13. The lowest BCUT2D eigenvalue weighted by molar-refractivity contribution is 0.522. The number of hydrogen-bond donors (Lipinski definition) is 0. The van der Waals surface area contributed by atoms with Crippen molar-refractivity contribution in [1.29, 1.82) is 0 Å². The molecule has 1 aromatic rings. The smallest absolute Gasteiger partial charge is 0.115 e. The van der Waals surface area contributed by atoms with E-state index in [2.05, 4.69) is 38.6 Å². The lowest BCUT2D eigenvalue weighted by atomic mass is 9.91. The van der Waals surface area contributed by atoms with Gasteiger partial charge in [0.15, 0.2) is 0 Å². The van der Waals surface area contributed by atoms with E-state index < -0.39 is 0 Å². The van der Waals surface area contributed by atoms with E-state index in [1.165, 1.54) is 12.2 Å². The fourth-order valence-corrected chi connectivity index (χ4v) is 2.15. The number of fused-ring (bicyclic) bond motifs is 1. The molecule has 0 saturated carbocycles. The van der Waals surface area contributed by atoms with Crippen molar-refractivity contribution in [2.45, 2.75) is 25.3 Å². The van der Waals surface area contributed by atoms with Gasteiger partial charge in [0.05, 0.1) is 0 Å². The Labute approximate surface area is 74.8 Å². The standard InChI is InChI=1S/C8H11BrN2/c1-8(6-9)2-4-11-5-3-10-7(8)11/h3,5H,2,4,6H2,1H3. The lowest BCUT2D eigenvalue weighted by Gasteiger charge is -2.17. The topological polar surface area (TPSA) is 17.8 Å². The van der Waals surface area contributed by atoms with Gasteiger partial charge < -0.3 is 4.57 Å². The van der Waals surface area contributed by atoms with Crippen LogP contribution < -0.4 is 0 Å². The molecular weight excluding hydrogens is 204 g/mol. The Balaban J connectivity index is 2.45. The molecule has 0 amide bonds. The van der Waals surface area contributed by atoms with Crippen molar-refractivity contribution >= 4 is 15.9 Å². The number of rotatable bonds is 1. The van der Waals surface area contributed by atoms with Gasteiger partial charge in [-0.05, 0) is 6.42 Å². The molecule has 1 aliphatic heterocycles. The first-order valence-corrected chi connectivity index (χ1v) is 4.96. The van der Waals surface area contributed by atoms with Crippen LogP contribution in [-0.4, -0.2) is 14.9 Å². The van der Waals surface area contributed by atoms with Crippen LogP contribution in [0.5, 0.6) is 0 Å². The lowest BCUT2D eigenvalue weighted by Crippen LogP contribution is -2.20. The van der Waals surface area contributed by atoms with Gasteiger partial charge in [-0.25, -0.2) is 4.98 Å². The fraction of sp³-hybridized carbons (Fsp3) is 0.625. The molecule has 60 valence electrons. The van der Waals surface area contributed by atoms with Gasteiger partial charge in [0.1, 0.15) is 5.82 Å². The van der Waals surface area contributed by atoms with E-state index in [-0.39, 0.29) is 5.41 Å². The maximum absolute atomic E-state index is 4.35. The van der Waals surface area contributed by atoms with Crippen LogP contribution in [0.4, 0.5) is 0 Å². The minimum Gasteiger partial charge on any atom is -0.334 e. The van der Waals surface area contributed by atoms with Crippen LogP contribution in [0.25, 0.3) is 0 Å². The number of hydrogen-bond acceptors (Lipinski definition) is 1. The second-order valence-electron chi connectivity index (χ2n) is 3.39. The molecule has 11 heavy (non-hydrogen) atoms. The van der Waals surface area contributed by atoms with Gasteiger partial charge in [-0.3, -0.25) is 0 Å². The summed E-state index contributed by atoms with van der Waals surface area (Å²) < 4.78 is 2.24. The summed E-state index contributed by atoms with van der Waals surface area (Å²) in [5.41, 5.74) is 0.267. The normalized spacial score (nSPS) is 28.9. The summed E-state index contributed by atoms with van der Waals surface area (Å²) in [5, 5.41) is 1.01. The summed E-state index contributed by atoms with van der Waals surface area (Å²) in [6, 6.07) is 0. The van der Waals surface area contributed by atoms with Crippen molar-refractivity contribution in [2.75, 3.05) is 5.33 Å². The van der Waals surface area contributed by atoms with E-state index in [9.17, 15) is 0 Å². The third-order valence-corrected chi connectivity index (χ3v) is 3.69. The Morgan fingerprint density at radius 3 is 3.36 bits per heavy atom. The van der Waals surface area contributed by atoms with Gasteiger partial charge in [-0.2, -0.15) is 0 Å².